The summed E-state index contributed by atoms with van der Waals surface area (Å²) in [7, 11) is 0. The van der Waals surface area contributed by atoms with Crippen LogP contribution in [0.25, 0.3) is 0 Å². The summed E-state index contributed by atoms with van der Waals surface area (Å²) in [4.78, 5) is 20.1. The zero-order chi connectivity index (χ0) is 15.6. The summed E-state index contributed by atoms with van der Waals surface area (Å²) in [6.45, 7) is 1.73. The molecule has 1 aliphatic heterocycles. The first-order chi connectivity index (χ1) is 11.3. The fourth-order valence-corrected chi connectivity index (χ4v) is 4.57. The van der Waals surface area contributed by atoms with Gasteiger partial charge in [0, 0.05) is 24.7 Å². The molecule has 122 valence electrons. The van der Waals surface area contributed by atoms with E-state index in [0.717, 1.165) is 19.6 Å². The Hall–Kier alpha value is -1.48. The van der Waals surface area contributed by atoms with Gasteiger partial charge in [-0.2, -0.15) is 0 Å². The second-order valence-electron chi connectivity index (χ2n) is 7.39. The predicted molar refractivity (Wildman–Crippen MR) is 92.8 cm³/mol. The van der Waals surface area contributed by atoms with Gasteiger partial charge in [0.25, 0.3) is 0 Å². The van der Waals surface area contributed by atoms with Crippen molar-refractivity contribution in [3.8, 4) is 0 Å². The fourth-order valence-electron chi connectivity index (χ4n) is 4.57. The molecule has 3 aliphatic rings. The lowest BCUT2D eigenvalue weighted by atomic mass is 9.75. The highest BCUT2D eigenvalue weighted by molar-refractivity contribution is 6.08. The lowest BCUT2D eigenvalue weighted by Gasteiger charge is -2.41. The number of fused-ring (bicyclic) bond motifs is 1. The Morgan fingerprint density at radius 1 is 1.00 bits per heavy atom. The largest absolute Gasteiger partial charge is 0.299 e. The third-order valence-corrected chi connectivity index (χ3v) is 5.93. The number of hydrogen-bond acceptors (Lipinski definition) is 3. The van der Waals surface area contributed by atoms with Crippen LogP contribution in [0.1, 0.15) is 56.4 Å². The molecule has 23 heavy (non-hydrogen) atoms. The predicted octanol–water partition coefficient (Wildman–Crippen LogP) is 3.80. The molecule has 1 heterocycles. The Morgan fingerprint density at radius 2 is 1.78 bits per heavy atom. The van der Waals surface area contributed by atoms with Crippen molar-refractivity contribution in [1.82, 2.24) is 4.90 Å². The molecule has 0 bridgehead atoms. The van der Waals surface area contributed by atoms with Gasteiger partial charge in [-0.3, -0.25) is 14.7 Å². The number of rotatable bonds is 2. The van der Waals surface area contributed by atoms with Crippen molar-refractivity contribution in [3.05, 3.63) is 35.9 Å². The number of nitrogens with zero attached hydrogens (tertiary/aromatic N) is 2. The fraction of sp³-hybridized carbons (Fsp3) is 0.600. The number of benzene rings is 1. The highest BCUT2D eigenvalue weighted by Crippen LogP contribution is 2.35. The maximum atomic E-state index is 12.7. The monoisotopic (exact) mass is 310 g/mol. The molecular formula is C20H26N2O. The first-order valence-electron chi connectivity index (χ1n) is 9.16. The second-order valence-corrected chi connectivity index (χ2v) is 7.39. The normalized spacial score (nSPS) is 29.9. The molecule has 0 spiro atoms. The van der Waals surface area contributed by atoms with Crippen molar-refractivity contribution in [2.24, 2.45) is 10.9 Å². The SMILES string of the molecule is O=C1C[C@@H](c2ccccc2)CC2=NCN(C3CCCCC3)CC12. The van der Waals surface area contributed by atoms with Gasteiger partial charge >= 0.3 is 0 Å². The maximum absolute atomic E-state index is 12.7. The topological polar surface area (TPSA) is 32.7 Å². The summed E-state index contributed by atoms with van der Waals surface area (Å²) in [6.07, 6.45) is 8.29. The summed E-state index contributed by atoms with van der Waals surface area (Å²) in [5.74, 6) is 0.815. The van der Waals surface area contributed by atoms with Crippen molar-refractivity contribution in [3.63, 3.8) is 0 Å². The van der Waals surface area contributed by atoms with Crippen molar-refractivity contribution < 1.29 is 4.79 Å². The highest BCUT2D eigenvalue weighted by atomic mass is 16.1. The third-order valence-electron chi connectivity index (χ3n) is 5.93. The van der Waals surface area contributed by atoms with Gasteiger partial charge in [-0.1, -0.05) is 49.6 Å². The first kappa shape index (κ1) is 15.1. The first-order valence-corrected chi connectivity index (χ1v) is 9.16. The van der Waals surface area contributed by atoms with E-state index in [1.807, 2.05) is 6.07 Å². The minimum atomic E-state index is 0.0747. The van der Waals surface area contributed by atoms with Crippen LogP contribution in [-0.4, -0.2) is 35.7 Å². The minimum Gasteiger partial charge on any atom is -0.299 e. The molecule has 0 radical (unpaired) electrons. The van der Waals surface area contributed by atoms with Crippen molar-refractivity contribution in [1.29, 1.82) is 0 Å². The van der Waals surface area contributed by atoms with Gasteiger partial charge < -0.3 is 0 Å². The van der Waals surface area contributed by atoms with Crippen LogP contribution in [0.5, 0.6) is 0 Å². The van der Waals surface area contributed by atoms with Crippen LogP contribution in [-0.2, 0) is 4.79 Å². The van der Waals surface area contributed by atoms with E-state index in [1.165, 1.54) is 43.4 Å². The molecular weight excluding hydrogens is 284 g/mol. The molecule has 1 aromatic rings. The number of carbonyl (C=O) groups is 1. The lowest BCUT2D eigenvalue weighted by Crippen LogP contribution is -2.49. The molecule has 0 amide bonds. The Labute approximate surface area is 138 Å². The van der Waals surface area contributed by atoms with Crippen LogP contribution in [0, 0.1) is 5.92 Å². The molecule has 0 N–H and O–H groups in total. The smallest absolute Gasteiger partial charge is 0.143 e. The van der Waals surface area contributed by atoms with Gasteiger partial charge in [-0.05, 0) is 30.7 Å². The van der Waals surface area contributed by atoms with Gasteiger partial charge in [0.15, 0.2) is 0 Å². The molecule has 3 heteroatoms. The van der Waals surface area contributed by atoms with E-state index >= 15 is 0 Å². The van der Waals surface area contributed by atoms with Gasteiger partial charge in [0.05, 0.1) is 12.6 Å². The van der Waals surface area contributed by atoms with E-state index in [2.05, 4.69) is 29.2 Å². The highest BCUT2D eigenvalue weighted by Gasteiger charge is 2.38. The molecule has 1 aromatic carbocycles. The van der Waals surface area contributed by atoms with E-state index in [1.54, 1.807) is 0 Å². The zero-order valence-corrected chi connectivity index (χ0v) is 13.8. The molecule has 0 saturated heterocycles. The summed E-state index contributed by atoms with van der Waals surface area (Å²) >= 11 is 0. The Balaban J connectivity index is 1.49. The van der Waals surface area contributed by atoms with Crippen molar-refractivity contribution >= 4 is 11.5 Å². The van der Waals surface area contributed by atoms with E-state index < -0.39 is 0 Å². The average molecular weight is 310 g/mol. The van der Waals surface area contributed by atoms with Gasteiger partial charge in [0.1, 0.15) is 5.78 Å². The Morgan fingerprint density at radius 3 is 2.57 bits per heavy atom. The average Bonchev–Trinajstić information content (AvgIpc) is 2.63. The van der Waals surface area contributed by atoms with Crippen LogP contribution >= 0.6 is 0 Å². The Kier molecular flexibility index (Phi) is 4.30. The molecule has 4 rings (SSSR count). The maximum Gasteiger partial charge on any atom is 0.143 e. The van der Waals surface area contributed by atoms with Crippen molar-refractivity contribution in [2.45, 2.75) is 56.9 Å². The minimum absolute atomic E-state index is 0.0747. The standard InChI is InChI=1S/C20H26N2O/c23-20-12-16(15-7-3-1-4-8-15)11-19-18(20)13-22(14-21-19)17-9-5-2-6-10-17/h1,3-4,7-8,16-18H,2,5-6,9-14H2/t16-,18?/m0/s1. The van der Waals surface area contributed by atoms with E-state index in [9.17, 15) is 4.79 Å². The van der Waals surface area contributed by atoms with Crippen molar-refractivity contribution in [2.75, 3.05) is 13.2 Å². The molecule has 0 aromatic heterocycles. The summed E-state index contributed by atoms with van der Waals surface area (Å²) < 4.78 is 0. The van der Waals surface area contributed by atoms with Gasteiger partial charge in [-0.25, -0.2) is 0 Å². The van der Waals surface area contributed by atoms with E-state index in [0.29, 0.717) is 24.2 Å². The number of hydrogen-bond donors (Lipinski definition) is 0. The molecule has 1 unspecified atom stereocenters. The number of aliphatic imine (C=N–C) groups is 1. The summed E-state index contributed by atoms with van der Waals surface area (Å²) in [5.41, 5.74) is 2.46. The quantitative estimate of drug-likeness (QED) is 0.832. The van der Waals surface area contributed by atoms with E-state index in [4.69, 9.17) is 4.99 Å². The van der Waals surface area contributed by atoms with Crippen LogP contribution in [0.2, 0.25) is 0 Å². The van der Waals surface area contributed by atoms with Crippen LogP contribution in [0.4, 0.5) is 0 Å². The van der Waals surface area contributed by atoms with Crippen LogP contribution < -0.4 is 0 Å². The number of Topliss-reactive ketones (excluding diaryl/α,β-unsaturated/α-hetero) is 1. The van der Waals surface area contributed by atoms with Gasteiger partial charge in [-0.15, -0.1) is 0 Å². The molecule has 3 nitrogen and oxygen atoms in total. The van der Waals surface area contributed by atoms with E-state index in [-0.39, 0.29) is 5.92 Å². The lowest BCUT2D eigenvalue weighted by molar-refractivity contribution is -0.123. The number of carbonyl (C=O) groups excluding carboxylic acids is 1. The third kappa shape index (κ3) is 3.12. The molecule has 2 atom stereocenters. The van der Waals surface area contributed by atoms with Gasteiger partial charge in [0.2, 0.25) is 0 Å². The molecule has 2 saturated carbocycles. The number of ketones is 1. The molecule has 2 fully saturated rings. The van der Waals surface area contributed by atoms with Crippen LogP contribution in [0.15, 0.2) is 35.3 Å². The Bertz CT molecular complexity index is 589. The summed E-state index contributed by atoms with van der Waals surface area (Å²) in [5, 5.41) is 0. The molecule has 2 aliphatic carbocycles. The van der Waals surface area contributed by atoms with Crippen LogP contribution in [0.3, 0.4) is 0 Å². The zero-order valence-electron chi connectivity index (χ0n) is 13.8. The second kappa shape index (κ2) is 6.56. The summed E-state index contributed by atoms with van der Waals surface area (Å²) in [6, 6.07) is 11.1.